The lowest BCUT2D eigenvalue weighted by atomic mass is 9.78. The zero-order valence-electron chi connectivity index (χ0n) is 13.5. The van der Waals surface area contributed by atoms with Gasteiger partial charge in [-0.3, -0.25) is 0 Å². The van der Waals surface area contributed by atoms with Crippen LogP contribution in [-0.2, 0) is 4.74 Å². The van der Waals surface area contributed by atoms with Crippen molar-refractivity contribution in [1.82, 2.24) is 0 Å². The number of hydrogen-bond donors (Lipinski definition) is 0. The van der Waals surface area contributed by atoms with E-state index in [9.17, 15) is 0 Å². The fourth-order valence-corrected chi connectivity index (χ4v) is 3.96. The molecule has 1 nitrogen and oxygen atoms in total. The van der Waals surface area contributed by atoms with E-state index in [1.54, 1.807) is 0 Å². The SMILES string of the molecule is COC[C@H]1CCCC[C@H]1/C=C1\C(C)=C(C)c2ccccc21. The molecule has 1 aromatic carbocycles. The molecule has 0 saturated heterocycles. The van der Waals surface area contributed by atoms with Gasteiger partial charge in [0.25, 0.3) is 0 Å². The topological polar surface area (TPSA) is 9.23 Å². The Kier molecular flexibility index (Phi) is 4.30. The van der Waals surface area contributed by atoms with Gasteiger partial charge in [0.05, 0.1) is 0 Å². The molecule has 21 heavy (non-hydrogen) atoms. The molecule has 2 aliphatic carbocycles. The van der Waals surface area contributed by atoms with Gasteiger partial charge in [-0.15, -0.1) is 0 Å². The van der Waals surface area contributed by atoms with Crippen LogP contribution in [0.5, 0.6) is 0 Å². The minimum absolute atomic E-state index is 0.669. The first kappa shape index (κ1) is 14.6. The number of rotatable bonds is 3. The first-order valence-corrected chi connectivity index (χ1v) is 8.20. The van der Waals surface area contributed by atoms with E-state index in [2.05, 4.69) is 44.2 Å². The van der Waals surface area contributed by atoms with Crippen molar-refractivity contribution in [3.63, 3.8) is 0 Å². The third-order valence-corrected chi connectivity index (χ3v) is 5.32. The van der Waals surface area contributed by atoms with Crippen molar-refractivity contribution in [3.05, 3.63) is 47.0 Å². The summed E-state index contributed by atoms with van der Waals surface area (Å²) in [7, 11) is 1.83. The van der Waals surface area contributed by atoms with Gasteiger partial charge in [-0.1, -0.05) is 43.2 Å². The Morgan fingerprint density at radius 3 is 2.52 bits per heavy atom. The summed E-state index contributed by atoms with van der Waals surface area (Å²) in [6, 6.07) is 8.83. The van der Waals surface area contributed by atoms with Gasteiger partial charge in [-0.2, -0.15) is 0 Å². The Bertz CT molecular complexity index is 577. The van der Waals surface area contributed by atoms with Crippen LogP contribution >= 0.6 is 0 Å². The molecule has 1 aromatic rings. The Balaban J connectivity index is 1.95. The quantitative estimate of drug-likeness (QED) is 0.728. The Labute approximate surface area is 128 Å². The summed E-state index contributed by atoms with van der Waals surface area (Å²) in [5.74, 6) is 1.36. The second kappa shape index (κ2) is 6.19. The van der Waals surface area contributed by atoms with Crippen molar-refractivity contribution < 1.29 is 4.74 Å². The van der Waals surface area contributed by atoms with E-state index in [0.717, 1.165) is 6.61 Å². The second-order valence-corrected chi connectivity index (χ2v) is 6.54. The summed E-state index contributed by atoms with van der Waals surface area (Å²) in [6.45, 7) is 5.43. The van der Waals surface area contributed by atoms with Crippen LogP contribution in [0.4, 0.5) is 0 Å². The number of fused-ring (bicyclic) bond motifs is 1. The van der Waals surface area contributed by atoms with Crippen molar-refractivity contribution in [2.75, 3.05) is 13.7 Å². The third kappa shape index (κ3) is 2.72. The predicted octanol–water partition coefficient (Wildman–Crippen LogP) is 5.33. The van der Waals surface area contributed by atoms with Gasteiger partial charge in [0.2, 0.25) is 0 Å². The monoisotopic (exact) mass is 282 g/mol. The van der Waals surface area contributed by atoms with Gasteiger partial charge in [-0.25, -0.2) is 0 Å². The molecule has 0 spiro atoms. The highest BCUT2D eigenvalue weighted by molar-refractivity contribution is 5.98. The Morgan fingerprint density at radius 1 is 1.05 bits per heavy atom. The van der Waals surface area contributed by atoms with Crippen molar-refractivity contribution in [1.29, 1.82) is 0 Å². The summed E-state index contributed by atoms with van der Waals surface area (Å²) in [4.78, 5) is 0. The first-order valence-electron chi connectivity index (χ1n) is 8.20. The van der Waals surface area contributed by atoms with E-state index in [4.69, 9.17) is 4.74 Å². The highest BCUT2D eigenvalue weighted by Gasteiger charge is 2.26. The molecule has 112 valence electrons. The van der Waals surface area contributed by atoms with Crippen molar-refractivity contribution in [2.45, 2.75) is 39.5 Å². The first-order chi connectivity index (χ1) is 10.2. The average Bonchev–Trinajstić information content (AvgIpc) is 2.75. The molecule has 1 fully saturated rings. The molecule has 0 aromatic heterocycles. The number of allylic oxidation sites excluding steroid dienone is 4. The molecule has 1 heteroatoms. The summed E-state index contributed by atoms with van der Waals surface area (Å²) in [5, 5.41) is 0. The summed E-state index contributed by atoms with van der Waals surface area (Å²) >= 11 is 0. The van der Waals surface area contributed by atoms with Crippen LogP contribution in [0.2, 0.25) is 0 Å². The normalized spacial score (nSPS) is 27.3. The lowest BCUT2D eigenvalue weighted by Gasteiger charge is -2.29. The highest BCUT2D eigenvalue weighted by atomic mass is 16.5. The summed E-state index contributed by atoms with van der Waals surface area (Å²) in [6.07, 6.45) is 7.89. The molecule has 0 radical (unpaired) electrons. The zero-order chi connectivity index (χ0) is 14.8. The minimum Gasteiger partial charge on any atom is -0.384 e. The molecule has 2 aliphatic rings. The maximum atomic E-state index is 5.45. The molecule has 1 saturated carbocycles. The standard InChI is InChI=1S/C20H26O/c1-14-15(2)20(19-11-7-6-10-18(14)19)12-16-8-4-5-9-17(16)13-21-3/h6-7,10-12,16-17H,4-5,8-9,13H2,1-3H3/b20-12+/t16-,17+/m0/s1. The van der Waals surface area contributed by atoms with Crippen LogP contribution in [0.3, 0.4) is 0 Å². The van der Waals surface area contributed by atoms with Crippen LogP contribution in [0.15, 0.2) is 35.9 Å². The van der Waals surface area contributed by atoms with Gasteiger partial charge in [0.15, 0.2) is 0 Å². The fourth-order valence-electron chi connectivity index (χ4n) is 3.96. The van der Waals surface area contributed by atoms with Crippen molar-refractivity contribution >= 4 is 11.1 Å². The molecule has 0 aliphatic heterocycles. The molecule has 0 bridgehead atoms. The van der Waals surface area contributed by atoms with E-state index >= 15 is 0 Å². The maximum absolute atomic E-state index is 5.45. The van der Waals surface area contributed by atoms with Crippen molar-refractivity contribution in [2.24, 2.45) is 11.8 Å². The predicted molar refractivity (Wildman–Crippen MR) is 90.0 cm³/mol. The molecule has 0 N–H and O–H groups in total. The second-order valence-electron chi connectivity index (χ2n) is 6.54. The van der Waals surface area contributed by atoms with E-state index in [1.807, 2.05) is 7.11 Å². The van der Waals surface area contributed by atoms with E-state index in [-0.39, 0.29) is 0 Å². The van der Waals surface area contributed by atoms with E-state index < -0.39 is 0 Å². The van der Waals surface area contributed by atoms with Gasteiger partial charge in [-0.05, 0) is 66.4 Å². The summed E-state index contributed by atoms with van der Waals surface area (Å²) in [5.41, 5.74) is 7.21. The van der Waals surface area contributed by atoms with Gasteiger partial charge < -0.3 is 4.74 Å². The highest BCUT2D eigenvalue weighted by Crippen LogP contribution is 2.43. The number of methoxy groups -OCH3 is 1. The number of hydrogen-bond acceptors (Lipinski definition) is 1. The van der Waals surface area contributed by atoms with Crippen LogP contribution in [0.25, 0.3) is 11.1 Å². The molecule has 3 rings (SSSR count). The third-order valence-electron chi connectivity index (χ3n) is 5.32. The lowest BCUT2D eigenvalue weighted by molar-refractivity contribution is 0.110. The molecular weight excluding hydrogens is 256 g/mol. The molecule has 0 unspecified atom stereocenters. The maximum Gasteiger partial charge on any atom is 0.0496 e. The zero-order valence-corrected chi connectivity index (χ0v) is 13.5. The van der Waals surface area contributed by atoms with Crippen LogP contribution < -0.4 is 0 Å². The molecule has 0 heterocycles. The molecular formula is C20H26O. The number of benzene rings is 1. The Hall–Kier alpha value is -1.34. The van der Waals surface area contributed by atoms with Gasteiger partial charge in [0, 0.05) is 13.7 Å². The van der Waals surface area contributed by atoms with Gasteiger partial charge in [0.1, 0.15) is 0 Å². The summed E-state index contributed by atoms with van der Waals surface area (Å²) < 4.78 is 5.45. The fraction of sp³-hybridized carbons (Fsp3) is 0.500. The average molecular weight is 282 g/mol. The molecule has 0 amide bonds. The van der Waals surface area contributed by atoms with Crippen LogP contribution in [-0.4, -0.2) is 13.7 Å². The largest absolute Gasteiger partial charge is 0.384 e. The smallest absolute Gasteiger partial charge is 0.0496 e. The van der Waals surface area contributed by atoms with Crippen molar-refractivity contribution in [3.8, 4) is 0 Å². The van der Waals surface area contributed by atoms with E-state index in [1.165, 1.54) is 53.5 Å². The Morgan fingerprint density at radius 2 is 1.76 bits per heavy atom. The minimum atomic E-state index is 0.669. The van der Waals surface area contributed by atoms with Crippen LogP contribution in [0, 0.1) is 11.8 Å². The van der Waals surface area contributed by atoms with E-state index in [0.29, 0.717) is 11.8 Å². The van der Waals surface area contributed by atoms with Gasteiger partial charge >= 0.3 is 0 Å². The molecule has 2 atom stereocenters. The lowest BCUT2D eigenvalue weighted by Crippen LogP contribution is -2.22. The van der Waals surface area contributed by atoms with Crippen LogP contribution in [0.1, 0.15) is 50.7 Å². The number of ether oxygens (including phenoxy) is 1.